The van der Waals surface area contributed by atoms with Crippen molar-refractivity contribution in [1.29, 1.82) is 0 Å². The minimum Gasteiger partial charge on any atom is -0.457 e. The largest absolute Gasteiger partial charge is 0.457 e. The van der Waals surface area contributed by atoms with Crippen LogP contribution in [0.2, 0.25) is 0 Å². The van der Waals surface area contributed by atoms with E-state index < -0.39 is 0 Å². The van der Waals surface area contributed by atoms with Crippen LogP contribution in [0, 0.1) is 0 Å². The highest BCUT2D eigenvalue weighted by molar-refractivity contribution is 5.82. The molecule has 1 aliphatic heterocycles. The summed E-state index contributed by atoms with van der Waals surface area (Å²) in [5.74, 6) is 1.83. The van der Waals surface area contributed by atoms with Crippen molar-refractivity contribution in [3.05, 3.63) is 60.2 Å². The van der Waals surface area contributed by atoms with Crippen LogP contribution < -0.4 is 4.74 Å². The molecule has 2 aromatic rings. The number of Topliss-reactive ketones (excluding diaryl/α,β-unsaturated/α-hetero) is 1. The van der Waals surface area contributed by atoms with Crippen LogP contribution in [0.1, 0.15) is 5.56 Å². The summed E-state index contributed by atoms with van der Waals surface area (Å²) in [5.41, 5.74) is 1.02. The van der Waals surface area contributed by atoms with Crippen LogP contribution in [0.5, 0.6) is 11.5 Å². The molecule has 0 unspecified atom stereocenters. The first-order valence-corrected chi connectivity index (χ1v) is 7.93. The Morgan fingerprint density at radius 3 is 2.30 bits per heavy atom. The average Bonchev–Trinajstić information content (AvgIpc) is 2.58. The van der Waals surface area contributed by atoms with Gasteiger partial charge in [-0.15, -0.1) is 0 Å². The molecule has 23 heavy (non-hydrogen) atoms. The van der Waals surface area contributed by atoms with Gasteiger partial charge in [-0.1, -0.05) is 30.3 Å². The van der Waals surface area contributed by atoms with Crippen LogP contribution >= 0.6 is 0 Å². The van der Waals surface area contributed by atoms with Gasteiger partial charge in [0.15, 0.2) is 5.78 Å². The lowest BCUT2D eigenvalue weighted by Gasteiger charge is -2.25. The maximum absolute atomic E-state index is 12.1. The van der Waals surface area contributed by atoms with E-state index in [-0.39, 0.29) is 5.78 Å². The Balaban J connectivity index is 1.51. The van der Waals surface area contributed by atoms with Gasteiger partial charge in [0.1, 0.15) is 11.5 Å². The Morgan fingerprint density at radius 2 is 1.61 bits per heavy atom. The first kappa shape index (κ1) is 15.7. The number of ketones is 1. The van der Waals surface area contributed by atoms with Crippen molar-refractivity contribution >= 4 is 5.78 Å². The SMILES string of the molecule is O=C(Cc1ccc(Oc2ccccc2)cc1)CN1CCOCC1. The molecule has 1 fully saturated rings. The summed E-state index contributed by atoms with van der Waals surface area (Å²) in [7, 11) is 0. The van der Waals surface area contributed by atoms with E-state index in [1.807, 2.05) is 54.6 Å². The van der Waals surface area contributed by atoms with Crippen molar-refractivity contribution in [2.24, 2.45) is 0 Å². The normalized spacial score (nSPS) is 15.3. The lowest BCUT2D eigenvalue weighted by Crippen LogP contribution is -2.39. The molecule has 0 amide bonds. The molecule has 4 nitrogen and oxygen atoms in total. The average molecular weight is 311 g/mol. The van der Waals surface area contributed by atoms with Crippen LogP contribution in [-0.2, 0) is 16.0 Å². The van der Waals surface area contributed by atoms with Crippen molar-refractivity contribution in [1.82, 2.24) is 4.90 Å². The Hall–Kier alpha value is -2.17. The lowest BCUT2D eigenvalue weighted by molar-refractivity contribution is -0.120. The molecule has 0 saturated carbocycles. The number of nitrogens with zero attached hydrogens (tertiary/aromatic N) is 1. The molecule has 1 saturated heterocycles. The number of ether oxygens (including phenoxy) is 2. The van der Waals surface area contributed by atoms with Crippen LogP contribution in [0.15, 0.2) is 54.6 Å². The van der Waals surface area contributed by atoms with E-state index in [0.29, 0.717) is 13.0 Å². The molecule has 120 valence electrons. The maximum Gasteiger partial charge on any atom is 0.151 e. The highest BCUT2D eigenvalue weighted by atomic mass is 16.5. The number of para-hydroxylation sites is 1. The van der Waals surface area contributed by atoms with E-state index in [1.54, 1.807) is 0 Å². The van der Waals surface area contributed by atoms with Gasteiger partial charge in [-0.3, -0.25) is 9.69 Å². The number of rotatable bonds is 6. The summed E-state index contributed by atoms with van der Waals surface area (Å²) >= 11 is 0. The summed E-state index contributed by atoms with van der Waals surface area (Å²) in [4.78, 5) is 14.3. The van der Waals surface area contributed by atoms with E-state index in [2.05, 4.69) is 4.90 Å². The van der Waals surface area contributed by atoms with Crippen molar-refractivity contribution in [3.8, 4) is 11.5 Å². The second kappa shape index (κ2) is 7.90. The smallest absolute Gasteiger partial charge is 0.151 e. The Kier molecular flexibility index (Phi) is 5.40. The number of hydrogen-bond donors (Lipinski definition) is 0. The summed E-state index contributed by atoms with van der Waals surface area (Å²) in [6.07, 6.45) is 0.461. The monoisotopic (exact) mass is 311 g/mol. The number of carbonyl (C=O) groups excluding carboxylic acids is 1. The Morgan fingerprint density at radius 1 is 0.957 bits per heavy atom. The predicted octanol–water partition coefficient (Wildman–Crippen LogP) is 2.92. The number of benzene rings is 2. The highest BCUT2D eigenvalue weighted by Crippen LogP contribution is 2.21. The maximum atomic E-state index is 12.1. The topological polar surface area (TPSA) is 38.8 Å². The molecule has 1 heterocycles. The molecule has 0 spiro atoms. The third-order valence-electron chi connectivity index (χ3n) is 3.81. The van der Waals surface area contributed by atoms with Gasteiger partial charge in [0.05, 0.1) is 19.8 Å². The van der Waals surface area contributed by atoms with Gasteiger partial charge in [0.2, 0.25) is 0 Å². The third kappa shape index (κ3) is 4.91. The van der Waals surface area contributed by atoms with Crippen molar-refractivity contribution in [2.45, 2.75) is 6.42 Å². The van der Waals surface area contributed by atoms with Crippen LogP contribution in [0.4, 0.5) is 0 Å². The van der Waals surface area contributed by atoms with Gasteiger partial charge in [0, 0.05) is 19.5 Å². The molecule has 3 rings (SSSR count). The molecule has 0 bridgehead atoms. The van der Waals surface area contributed by atoms with E-state index >= 15 is 0 Å². The first-order chi connectivity index (χ1) is 11.3. The fraction of sp³-hybridized carbons (Fsp3) is 0.316. The molecule has 1 aliphatic rings. The molecular formula is C19H21NO3. The second-order valence-corrected chi connectivity index (χ2v) is 5.66. The zero-order valence-corrected chi connectivity index (χ0v) is 13.1. The van der Waals surface area contributed by atoms with E-state index in [1.165, 1.54) is 0 Å². The number of morpholine rings is 1. The van der Waals surface area contributed by atoms with Gasteiger partial charge >= 0.3 is 0 Å². The fourth-order valence-corrected chi connectivity index (χ4v) is 2.59. The summed E-state index contributed by atoms with van der Waals surface area (Å²) < 4.78 is 11.0. The van der Waals surface area contributed by atoms with Crippen LogP contribution in [-0.4, -0.2) is 43.5 Å². The number of carbonyl (C=O) groups is 1. The third-order valence-corrected chi connectivity index (χ3v) is 3.81. The molecule has 0 N–H and O–H groups in total. The Bertz CT molecular complexity index is 619. The zero-order valence-electron chi connectivity index (χ0n) is 13.1. The van der Waals surface area contributed by atoms with Crippen LogP contribution in [0.25, 0.3) is 0 Å². The molecular weight excluding hydrogens is 290 g/mol. The quantitative estimate of drug-likeness (QED) is 0.822. The summed E-state index contributed by atoms with van der Waals surface area (Å²) in [6, 6.07) is 17.4. The zero-order chi connectivity index (χ0) is 15.9. The van der Waals surface area contributed by atoms with Gasteiger partial charge in [-0.25, -0.2) is 0 Å². The van der Waals surface area contributed by atoms with Crippen molar-refractivity contribution < 1.29 is 14.3 Å². The lowest BCUT2D eigenvalue weighted by atomic mass is 10.1. The first-order valence-electron chi connectivity index (χ1n) is 7.93. The van der Waals surface area contributed by atoms with Gasteiger partial charge in [-0.05, 0) is 29.8 Å². The van der Waals surface area contributed by atoms with Crippen molar-refractivity contribution in [2.75, 3.05) is 32.8 Å². The van der Waals surface area contributed by atoms with E-state index in [0.717, 1.165) is 43.4 Å². The van der Waals surface area contributed by atoms with E-state index in [9.17, 15) is 4.79 Å². The minimum absolute atomic E-state index is 0.239. The molecule has 0 atom stereocenters. The highest BCUT2D eigenvalue weighted by Gasteiger charge is 2.14. The summed E-state index contributed by atoms with van der Waals surface area (Å²) in [6.45, 7) is 3.63. The molecule has 4 heteroatoms. The van der Waals surface area contributed by atoms with E-state index in [4.69, 9.17) is 9.47 Å². The molecule has 0 aliphatic carbocycles. The summed E-state index contributed by atoms with van der Waals surface area (Å²) in [5, 5.41) is 0. The minimum atomic E-state index is 0.239. The van der Waals surface area contributed by atoms with Gasteiger partial charge < -0.3 is 9.47 Å². The predicted molar refractivity (Wildman–Crippen MR) is 88.9 cm³/mol. The molecule has 0 aromatic heterocycles. The number of hydrogen-bond acceptors (Lipinski definition) is 4. The van der Waals surface area contributed by atoms with Gasteiger partial charge in [0.25, 0.3) is 0 Å². The second-order valence-electron chi connectivity index (χ2n) is 5.66. The fourth-order valence-electron chi connectivity index (χ4n) is 2.59. The molecule has 2 aromatic carbocycles. The van der Waals surface area contributed by atoms with Crippen molar-refractivity contribution in [3.63, 3.8) is 0 Å². The Labute approximate surface area is 136 Å². The molecule has 0 radical (unpaired) electrons. The van der Waals surface area contributed by atoms with Crippen LogP contribution in [0.3, 0.4) is 0 Å². The van der Waals surface area contributed by atoms with Gasteiger partial charge in [-0.2, -0.15) is 0 Å². The standard InChI is InChI=1S/C19H21NO3/c21-17(15-20-10-12-22-13-11-20)14-16-6-8-19(9-7-16)23-18-4-2-1-3-5-18/h1-9H,10-15H2.